The number of nitrogens with zero attached hydrogens (tertiary/aromatic N) is 6. The van der Waals surface area contributed by atoms with E-state index in [0.29, 0.717) is 49.1 Å². The number of pyridine rings is 1. The molecule has 0 unspecified atom stereocenters. The Balaban J connectivity index is 0.000000235. The van der Waals surface area contributed by atoms with Gasteiger partial charge in [-0.05, 0) is 55.7 Å². The standard InChI is InChI=1S/C20H25N7O3.C10H8N2O/c21-17(28)16-18(23-20(25-24-16)27-8-2-1-3-9-27)22-15-6-4-14(5-7-15)19(29)26-10-12-30-13-11-26;11-10(13)8-5-7-3-1-2-4-9(7)12-6-8/h4-7H,1-3,8-13H2,(H2,21,28)(H,22,23,25);1-6H,(H2,11,13). The van der Waals surface area contributed by atoms with Crippen LogP contribution >= 0.6 is 0 Å². The van der Waals surface area contributed by atoms with Crippen LogP contribution in [0.1, 0.15) is 50.5 Å². The van der Waals surface area contributed by atoms with E-state index in [0.717, 1.165) is 36.8 Å². The lowest BCUT2D eigenvalue weighted by Crippen LogP contribution is -2.40. The third-order valence-electron chi connectivity index (χ3n) is 7.12. The molecular weight excluding hydrogens is 550 g/mol. The number of carbonyl (C=O) groups excluding carboxylic acids is 3. The van der Waals surface area contributed by atoms with Gasteiger partial charge in [-0.1, -0.05) is 18.2 Å². The summed E-state index contributed by atoms with van der Waals surface area (Å²) < 4.78 is 5.29. The largest absolute Gasteiger partial charge is 0.378 e. The first-order valence-corrected chi connectivity index (χ1v) is 14.1. The van der Waals surface area contributed by atoms with Gasteiger partial charge in [0.1, 0.15) is 0 Å². The molecule has 2 aromatic carbocycles. The first-order valence-electron chi connectivity index (χ1n) is 14.1. The highest BCUT2D eigenvalue weighted by Crippen LogP contribution is 2.22. The Hall–Kier alpha value is -5.17. The number of nitrogens with two attached hydrogens (primary N) is 2. The smallest absolute Gasteiger partial charge is 0.273 e. The van der Waals surface area contributed by atoms with Crippen LogP contribution in [0.25, 0.3) is 10.9 Å². The number of anilines is 3. The van der Waals surface area contributed by atoms with Gasteiger partial charge in [-0.3, -0.25) is 19.4 Å². The van der Waals surface area contributed by atoms with E-state index in [1.54, 1.807) is 35.2 Å². The Labute approximate surface area is 248 Å². The number of benzene rings is 2. The molecule has 2 saturated heterocycles. The number of amides is 3. The summed E-state index contributed by atoms with van der Waals surface area (Å²) in [4.78, 5) is 47.6. The molecule has 0 saturated carbocycles. The second-order valence-electron chi connectivity index (χ2n) is 10.1. The van der Waals surface area contributed by atoms with E-state index >= 15 is 0 Å². The Morgan fingerprint density at radius 3 is 2.23 bits per heavy atom. The highest BCUT2D eigenvalue weighted by Gasteiger charge is 2.21. The SMILES string of the molecule is NC(=O)c1cnc2ccccc2c1.NC(=O)c1nnc(N2CCCCC2)nc1Nc1ccc(C(=O)N2CCOCC2)cc1. The van der Waals surface area contributed by atoms with Crippen molar-refractivity contribution in [3.63, 3.8) is 0 Å². The zero-order valence-corrected chi connectivity index (χ0v) is 23.6. The van der Waals surface area contributed by atoms with Gasteiger partial charge in [0, 0.05) is 49.0 Å². The first kappa shape index (κ1) is 29.3. The van der Waals surface area contributed by atoms with Crippen LogP contribution in [-0.2, 0) is 4.74 Å². The minimum Gasteiger partial charge on any atom is -0.378 e. The number of hydrogen-bond donors (Lipinski definition) is 3. The summed E-state index contributed by atoms with van der Waals surface area (Å²) in [5.41, 5.74) is 13.1. The Morgan fingerprint density at radius 1 is 0.814 bits per heavy atom. The predicted molar refractivity (Wildman–Crippen MR) is 161 cm³/mol. The van der Waals surface area contributed by atoms with Gasteiger partial charge in [-0.25, -0.2) is 0 Å². The van der Waals surface area contributed by atoms with Gasteiger partial charge in [0.2, 0.25) is 11.9 Å². The van der Waals surface area contributed by atoms with Crippen LogP contribution in [0.4, 0.5) is 17.5 Å². The van der Waals surface area contributed by atoms with Crippen LogP contribution in [0.15, 0.2) is 60.8 Å². The van der Waals surface area contributed by atoms with Gasteiger partial charge in [0.05, 0.1) is 24.3 Å². The number of piperidine rings is 1. The molecule has 4 heterocycles. The molecule has 0 radical (unpaired) electrons. The minimum absolute atomic E-state index is 0.0239. The monoisotopic (exact) mass is 583 g/mol. The van der Waals surface area contributed by atoms with E-state index in [-0.39, 0.29) is 17.4 Å². The number of morpholine rings is 1. The van der Waals surface area contributed by atoms with Crippen molar-refractivity contribution < 1.29 is 19.1 Å². The molecule has 0 spiro atoms. The Morgan fingerprint density at radius 2 is 1.53 bits per heavy atom. The fraction of sp³-hybridized carbons (Fsp3) is 0.300. The maximum atomic E-state index is 12.6. The third-order valence-corrected chi connectivity index (χ3v) is 7.12. The second-order valence-corrected chi connectivity index (χ2v) is 10.1. The zero-order valence-electron chi connectivity index (χ0n) is 23.6. The molecule has 0 aliphatic carbocycles. The molecule has 5 N–H and O–H groups in total. The molecule has 0 bridgehead atoms. The average Bonchev–Trinajstić information content (AvgIpc) is 3.05. The first-order chi connectivity index (χ1) is 20.9. The fourth-order valence-corrected chi connectivity index (χ4v) is 4.79. The number of rotatable bonds is 6. The fourth-order valence-electron chi connectivity index (χ4n) is 4.79. The number of aromatic nitrogens is 4. The molecule has 13 nitrogen and oxygen atoms in total. The summed E-state index contributed by atoms with van der Waals surface area (Å²) in [5, 5.41) is 12.1. The van der Waals surface area contributed by atoms with Crippen molar-refractivity contribution in [3.05, 3.63) is 77.6 Å². The summed E-state index contributed by atoms with van der Waals surface area (Å²) >= 11 is 0. The van der Waals surface area contributed by atoms with Crippen LogP contribution < -0.4 is 21.7 Å². The second kappa shape index (κ2) is 13.7. The molecule has 2 fully saturated rings. The van der Waals surface area contributed by atoms with E-state index in [4.69, 9.17) is 16.2 Å². The molecule has 4 aromatic rings. The van der Waals surface area contributed by atoms with E-state index in [2.05, 4.69) is 30.4 Å². The number of carbonyl (C=O) groups is 3. The van der Waals surface area contributed by atoms with Crippen LogP contribution in [-0.4, -0.2) is 82.2 Å². The summed E-state index contributed by atoms with van der Waals surface area (Å²) in [7, 11) is 0. The van der Waals surface area contributed by atoms with Crippen molar-refractivity contribution in [1.29, 1.82) is 0 Å². The summed E-state index contributed by atoms with van der Waals surface area (Å²) in [6.45, 7) is 4.01. The molecule has 43 heavy (non-hydrogen) atoms. The Kier molecular flexibility index (Phi) is 9.32. The van der Waals surface area contributed by atoms with Crippen molar-refractivity contribution >= 4 is 46.1 Å². The van der Waals surface area contributed by atoms with Gasteiger partial charge in [-0.2, -0.15) is 4.98 Å². The topological polar surface area (TPSA) is 183 Å². The normalized spacial score (nSPS) is 14.9. The molecule has 2 aromatic heterocycles. The number of primary amides is 2. The van der Waals surface area contributed by atoms with Gasteiger partial charge >= 0.3 is 0 Å². The number of ether oxygens (including phenoxy) is 1. The zero-order chi connectivity index (χ0) is 30.2. The number of para-hydroxylation sites is 1. The summed E-state index contributed by atoms with van der Waals surface area (Å²) in [6, 6.07) is 16.3. The number of fused-ring (bicyclic) bond motifs is 1. The third kappa shape index (κ3) is 7.38. The lowest BCUT2D eigenvalue weighted by atomic mass is 10.1. The van der Waals surface area contributed by atoms with Crippen molar-refractivity contribution in [1.82, 2.24) is 25.1 Å². The molecule has 2 aliphatic rings. The molecule has 0 atom stereocenters. The maximum absolute atomic E-state index is 12.6. The lowest BCUT2D eigenvalue weighted by Gasteiger charge is -2.27. The molecule has 222 valence electrons. The van der Waals surface area contributed by atoms with E-state index in [1.807, 2.05) is 24.3 Å². The van der Waals surface area contributed by atoms with E-state index in [9.17, 15) is 14.4 Å². The Bertz CT molecular complexity index is 1600. The van der Waals surface area contributed by atoms with Crippen molar-refractivity contribution in [2.24, 2.45) is 11.5 Å². The van der Waals surface area contributed by atoms with Crippen molar-refractivity contribution in [3.8, 4) is 0 Å². The van der Waals surface area contributed by atoms with Crippen molar-refractivity contribution in [2.45, 2.75) is 19.3 Å². The van der Waals surface area contributed by atoms with E-state index in [1.165, 1.54) is 12.6 Å². The van der Waals surface area contributed by atoms with Crippen LogP contribution in [0.2, 0.25) is 0 Å². The molecule has 6 rings (SSSR count). The molecule has 13 heteroatoms. The highest BCUT2D eigenvalue weighted by atomic mass is 16.5. The molecule has 3 amide bonds. The molecule has 2 aliphatic heterocycles. The van der Waals surface area contributed by atoms with E-state index < -0.39 is 11.8 Å². The number of hydrogen-bond acceptors (Lipinski definition) is 10. The molecular formula is C30H33N9O4. The van der Waals surface area contributed by atoms with Gasteiger partial charge < -0.3 is 31.3 Å². The lowest BCUT2D eigenvalue weighted by molar-refractivity contribution is 0.0303. The van der Waals surface area contributed by atoms with Crippen LogP contribution in [0.5, 0.6) is 0 Å². The van der Waals surface area contributed by atoms with Gasteiger partial charge in [0.25, 0.3) is 11.8 Å². The number of nitrogens with one attached hydrogen (secondary N) is 1. The predicted octanol–water partition coefficient (Wildman–Crippen LogP) is 2.51. The highest BCUT2D eigenvalue weighted by molar-refractivity contribution is 5.97. The minimum atomic E-state index is -0.707. The summed E-state index contributed by atoms with van der Waals surface area (Å²) in [5.74, 6) is -0.453. The summed E-state index contributed by atoms with van der Waals surface area (Å²) in [6.07, 6.45) is 4.82. The average molecular weight is 584 g/mol. The van der Waals surface area contributed by atoms with Gasteiger partial charge in [-0.15, -0.1) is 10.2 Å². The van der Waals surface area contributed by atoms with Gasteiger partial charge in [0.15, 0.2) is 11.5 Å². The van der Waals surface area contributed by atoms with Crippen molar-refractivity contribution in [2.75, 3.05) is 49.6 Å². The quantitative estimate of drug-likeness (QED) is 0.305. The maximum Gasteiger partial charge on any atom is 0.273 e. The van der Waals surface area contributed by atoms with Crippen LogP contribution in [0.3, 0.4) is 0 Å². The van der Waals surface area contributed by atoms with Crippen LogP contribution in [0, 0.1) is 0 Å².